The van der Waals surface area contributed by atoms with Crippen LogP contribution in [0.2, 0.25) is 0 Å². The summed E-state index contributed by atoms with van der Waals surface area (Å²) in [5, 5.41) is 4.60. The number of hydrogen-bond acceptors (Lipinski definition) is 2. The van der Waals surface area contributed by atoms with Crippen LogP contribution in [0.1, 0.15) is 27.8 Å². The Labute approximate surface area is 360 Å². The van der Waals surface area contributed by atoms with E-state index in [1.807, 2.05) is 0 Å². The summed E-state index contributed by atoms with van der Waals surface area (Å²) in [5.41, 5.74) is 21.1. The molecule has 13 rings (SSSR count). The van der Waals surface area contributed by atoms with Crippen LogP contribution >= 0.6 is 0 Å². The predicted octanol–water partition coefficient (Wildman–Crippen LogP) is 16.2. The number of anilines is 3. The average molecular weight is 790 g/mol. The van der Waals surface area contributed by atoms with Gasteiger partial charge in [0.2, 0.25) is 0 Å². The van der Waals surface area contributed by atoms with Crippen molar-refractivity contribution in [2.45, 2.75) is 12.3 Å². The molecule has 1 heterocycles. The molecule has 0 aliphatic heterocycles. The molecular formula is C60H39NO. The molecule has 1 unspecified atom stereocenters. The molecule has 0 bridgehead atoms. The van der Waals surface area contributed by atoms with Gasteiger partial charge in [-0.15, -0.1) is 0 Å². The van der Waals surface area contributed by atoms with Crippen LogP contribution in [0, 0.1) is 6.92 Å². The highest BCUT2D eigenvalue weighted by molar-refractivity contribution is 6.13. The minimum absolute atomic E-state index is 0.389. The van der Waals surface area contributed by atoms with Crippen molar-refractivity contribution in [1.82, 2.24) is 0 Å². The number of benzene rings is 10. The smallest absolute Gasteiger partial charge is 0.159 e. The summed E-state index contributed by atoms with van der Waals surface area (Å²) in [7, 11) is 0. The first kappa shape index (κ1) is 34.9. The Morgan fingerprint density at radius 2 is 0.968 bits per heavy atom. The normalized spacial score (nSPS) is 14.6. The Hall–Kier alpha value is -7.94. The van der Waals surface area contributed by atoms with Crippen LogP contribution in [0.15, 0.2) is 223 Å². The van der Waals surface area contributed by atoms with E-state index in [0.717, 1.165) is 50.1 Å². The first-order valence-electron chi connectivity index (χ1n) is 21.5. The van der Waals surface area contributed by atoms with Gasteiger partial charge in [0.15, 0.2) is 5.58 Å². The SMILES string of the molecule is Cc1ccc2c(c1)-c1ccccc1C21c2ccccc2-c2ccc(-c3ccc(N(c4ccc5ccccc5c4)c4cccc5c4oc4c(-c6ccccc6)cccc45)cc3)cc21. The van der Waals surface area contributed by atoms with Crippen molar-refractivity contribution in [1.29, 1.82) is 0 Å². The molecule has 0 saturated carbocycles. The molecule has 1 aromatic heterocycles. The molecule has 11 aromatic rings. The number of rotatable bonds is 5. The van der Waals surface area contributed by atoms with E-state index in [1.54, 1.807) is 0 Å². The maximum atomic E-state index is 7.00. The van der Waals surface area contributed by atoms with Crippen molar-refractivity contribution in [2.24, 2.45) is 0 Å². The highest BCUT2D eigenvalue weighted by Gasteiger charge is 2.51. The Balaban J connectivity index is 0.976. The monoisotopic (exact) mass is 789 g/mol. The van der Waals surface area contributed by atoms with Crippen molar-refractivity contribution in [2.75, 3.05) is 4.90 Å². The lowest BCUT2D eigenvalue weighted by Crippen LogP contribution is -2.25. The topological polar surface area (TPSA) is 16.4 Å². The standard InChI is InChI=1S/C60H39NO/c1-38-25-34-55-52(35-38)48-18-8-10-23-54(48)60(55)53-22-9-7-17-47(53)49-33-29-43(37-56(49)60)40-26-30-44(31-27-40)61(45-32-28-39-13-5-6-16-42(39)36-45)57-24-12-21-51-50-20-11-19-46(58(50)62-59(51)57)41-14-3-2-4-15-41/h2-37H,1H3. The minimum atomic E-state index is -0.389. The maximum absolute atomic E-state index is 7.00. The molecule has 2 heteroatoms. The Bertz CT molecular complexity index is 3600. The van der Waals surface area contributed by atoms with Crippen LogP contribution in [0.25, 0.3) is 77.2 Å². The van der Waals surface area contributed by atoms with Crippen LogP contribution in [0.3, 0.4) is 0 Å². The molecule has 62 heavy (non-hydrogen) atoms. The summed E-state index contributed by atoms with van der Waals surface area (Å²) in [6.45, 7) is 2.20. The van der Waals surface area contributed by atoms with Crippen LogP contribution in [0.4, 0.5) is 17.1 Å². The molecule has 0 fully saturated rings. The second kappa shape index (κ2) is 13.3. The Morgan fingerprint density at radius 1 is 0.355 bits per heavy atom. The van der Waals surface area contributed by atoms with E-state index in [1.165, 1.54) is 72.0 Å². The fourth-order valence-electron chi connectivity index (χ4n) is 10.8. The van der Waals surface area contributed by atoms with Gasteiger partial charge in [0.1, 0.15) is 5.58 Å². The first-order chi connectivity index (χ1) is 30.6. The molecule has 290 valence electrons. The van der Waals surface area contributed by atoms with Gasteiger partial charge in [-0.2, -0.15) is 0 Å². The Kier molecular flexibility index (Phi) is 7.47. The Morgan fingerprint density at radius 3 is 1.77 bits per heavy atom. The van der Waals surface area contributed by atoms with Crippen molar-refractivity contribution < 1.29 is 4.42 Å². The zero-order valence-electron chi connectivity index (χ0n) is 34.1. The highest BCUT2D eigenvalue weighted by Crippen LogP contribution is 2.63. The van der Waals surface area contributed by atoms with E-state index in [0.29, 0.717) is 0 Å². The molecule has 2 aliphatic carbocycles. The van der Waals surface area contributed by atoms with Crippen molar-refractivity contribution >= 4 is 49.8 Å². The highest BCUT2D eigenvalue weighted by atomic mass is 16.3. The molecular weight excluding hydrogens is 751 g/mol. The summed E-state index contributed by atoms with van der Waals surface area (Å²) in [5.74, 6) is 0. The molecule has 0 saturated heterocycles. The van der Waals surface area contributed by atoms with Gasteiger partial charge in [-0.3, -0.25) is 0 Å². The first-order valence-corrected chi connectivity index (χ1v) is 21.5. The van der Waals surface area contributed by atoms with Crippen LogP contribution in [-0.4, -0.2) is 0 Å². The number of aryl methyl sites for hydroxylation is 1. The lowest BCUT2D eigenvalue weighted by Gasteiger charge is -2.30. The van der Waals surface area contributed by atoms with Gasteiger partial charge in [-0.25, -0.2) is 0 Å². The molecule has 0 radical (unpaired) electrons. The summed E-state index contributed by atoms with van der Waals surface area (Å²) >= 11 is 0. The lowest BCUT2D eigenvalue weighted by atomic mass is 9.70. The number of fused-ring (bicyclic) bond motifs is 14. The number of para-hydroxylation sites is 2. The largest absolute Gasteiger partial charge is 0.453 e. The van der Waals surface area contributed by atoms with Gasteiger partial charge in [0, 0.05) is 27.7 Å². The van der Waals surface area contributed by atoms with E-state index in [2.05, 4.69) is 230 Å². The minimum Gasteiger partial charge on any atom is -0.453 e. The number of furan rings is 1. The van der Waals surface area contributed by atoms with Gasteiger partial charge in [0.25, 0.3) is 0 Å². The van der Waals surface area contributed by atoms with E-state index in [-0.39, 0.29) is 5.41 Å². The third-order valence-corrected chi connectivity index (χ3v) is 13.5. The second-order valence-electron chi connectivity index (χ2n) is 16.9. The molecule has 1 atom stereocenters. The molecule has 2 aliphatic rings. The maximum Gasteiger partial charge on any atom is 0.159 e. The third kappa shape index (κ3) is 4.92. The molecule has 1 spiro atoms. The summed E-state index contributed by atoms with van der Waals surface area (Å²) in [6.07, 6.45) is 0. The van der Waals surface area contributed by atoms with Gasteiger partial charge in [-0.1, -0.05) is 188 Å². The quantitative estimate of drug-likeness (QED) is 0.173. The second-order valence-corrected chi connectivity index (χ2v) is 16.9. The molecule has 2 nitrogen and oxygen atoms in total. The van der Waals surface area contributed by atoms with Gasteiger partial charge < -0.3 is 9.32 Å². The molecule has 0 N–H and O–H groups in total. The summed E-state index contributed by atoms with van der Waals surface area (Å²) in [6, 6.07) is 80.2. The lowest BCUT2D eigenvalue weighted by molar-refractivity contribution is 0.670. The predicted molar refractivity (Wildman–Crippen MR) is 258 cm³/mol. The number of hydrogen-bond donors (Lipinski definition) is 0. The van der Waals surface area contributed by atoms with Gasteiger partial charge in [0.05, 0.1) is 11.1 Å². The van der Waals surface area contributed by atoms with E-state index < -0.39 is 0 Å². The van der Waals surface area contributed by atoms with Crippen molar-refractivity contribution in [3.05, 3.63) is 246 Å². The van der Waals surface area contributed by atoms with Crippen LogP contribution in [-0.2, 0) is 5.41 Å². The van der Waals surface area contributed by atoms with Crippen molar-refractivity contribution in [3.8, 4) is 44.5 Å². The fourth-order valence-corrected chi connectivity index (χ4v) is 10.8. The fraction of sp³-hybridized carbons (Fsp3) is 0.0333. The number of nitrogens with zero attached hydrogens (tertiary/aromatic N) is 1. The zero-order chi connectivity index (χ0) is 40.9. The molecule has 0 amide bonds. The average Bonchev–Trinajstić information content (AvgIpc) is 3.96. The summed E-state index contributed by atoms with van der Waals surface area (Å²) < 4.78 is 7.00. The van der Waals surface area contributed by atoms with Crippen molar-refractivity contribution in [3.63, 3.8) is 0 Å². The van der Waals surface area contributed by atoms with Crippen LogP contribution < -0.4 is 4.90 Å². The van der Waals surface area contributed by atoms with E-state index in [4.69, 9.17) is 4.42 Å². The van der Waals surface area contributed by atoms with Gasteiger partial charge >= 0.3 is 0 Å². The molecule has 10 aromatic carbocycles. The zero-order valence-corrected chi connectivity index (χ0v) is 34.1. The van der Waals surface area contributed by atoms with E-state index >= 15 is 0 Å². The third-order valence-electron chi connectivity index (χ3n) is 13.5. The van der Waals surface area contributed by atoms with Crippen LogP contribution in [0.5, 0.6) is 0 Å². The summed E-state index contributed by atoms with van der Waals surface area (Å²) in [4.78, 5) is 2.35. The van der Waals surface area contributed by atoms with E-state index in [9.17, 15) is 0 Å². The van der Waals surface area contributed by atoms with Gasteiger partial charge in [-0.05, 0) is 115 Å².